The van der Waals surface area contributed by atoms with E-state index in [1.807, 2.05) is 121 Å². The van der Waals surface area contributed by atoms with Gasteiger partial charge in [0.2, 0.25) is 0 Å². The summed E-state index contributed by atoms with van der Waals surface area (Å²) in [6.07, 6.45) is 17.7. The summed E-state index contributed by atoms with van der Waals surface area (Å²) >= 11 is 5.74. The van der Waals surface area contributed by atoms with Crippen LogP contribution in [-0.4, -0.2) is 53.8 Å². The van der Waals surface area contributed by atoms with Crippen molar-refractivity contribution < 1.29 is 18.8 Å². The normalized spacial score (nSPS) is 16.2. The number of nitrogens with zero attached hydrogens (tertiary/aromatic N) is 2. The van der Waals surface area contributed by atoms with E-state index in [4.69, 9.17) is 30.4 Å². The third-order valence-corrected chi connectivity index (χ3v) is 17.4. The first-order valence-electron chi connectivity index (χ1n) is 24.7. The predicted molar refractivity (Wildman–Crippen MR) is 302 cm³/mol. The highest BCUT2D eigenvalue weighted by molar-refractivity contribution is 7.67. The molecule has 0 atom stereocenters. The summed E-state index contributed by atoms with van der Waals surface area (Å²) in [6, 6.07) is 43.3. The van der Waals surface area contributed by atoms with Crippen molar-refractivity contribution in [1.82, 2.24) is 9.97 Å². The van der Waals surface area contributed by atoms with Gasteiger partial charge in [-0.3, -0.25) is 9.97 Å². The molecule has 0 spiro atoms. The van der Waals surface area contributed by atoms with Crippen LogP contribution in [0, 0.1) is 0 Å². The number of hydrogen-bond donors (Lipinski definition) is 0. The maximum atomic E-state index is 5.80. The van der Waals surface area contributed by atoms with Gasteiger partial charge >= 0.3 is 7.12 Å². The molecule has 2 aliphatic carbocycles. The summed E-state index contributed by atoms with van der Waals surface area (Å²) in [5.74, 6) is 1.83. The van der Waals surface area contributed by atoms with Crippen LogP contribution in [0.3, 0.4) is 0 Å². The van der Waals surface area contributed by atoms with Gasteiger partial charge in [0.05, 0.1) is 47.4 Å². The monoisotopic (exact) mass is 979 g/mol. The van der Waals surface area contributed by atoms with Crippen LogP contribution in [0.1, 0.15) is 119 Å². The highest BCUT2D eigenvalue weighted by atomic mass is 35.5. The third kappa shape index (κ3) is 15.0. The molecule has 0 amide bonds. The zero-order valence-electron chi connectivity index (χ0n) is 42.3. The van der Waals surface area contributed by atoms with E-state index >= 15 is 0 Å². The Bertz CT molecular complexity index is 2470. The second-order valence-corrected chi connectivity index (χ2v) is 22.5. The molecule has 70 heavy (non-hydrogen) atoms. The van der Waals surface area contributed by atoms with Crippen LogP contribution in [0.4, 0.5) is 0 Å². The summed E-state index contributed by atoms with van der Waals surface area (Å²) in [7, 11) is 3.12. The largest absolute Gasteiger partial charge is 0.496 e. The van der Waals surface area contributed by atoms with E-state index in [2.05, 4.69) is 77.7 Å². The molecule has 0 bridgehead atoms. The number of pyridine rings is 2. The van der Waals surface area contributed by atoms with Crippen molar-refractivity contribution in [2.75, 3.05) is 14.2 Å². The zero-order valence-corrected chi connectivity index (χ0v) is 44.0. The van der Waals surface area contributed by atoms with Crippen molar-refractivity contribution in [2.45, 2.75) is 136 Å². The molecule has 0 N–H and O–H groups in total. The quantitative estimate of drug-likeness (QED) is 0.101. The molecule has 6 aromatic rings. The summed E-state index contributed by atoms with van der Waals surface area (Å²) in [5, 5.41) is 2.25. The van der Waals surface area contributed by atoms with Gasteiger partial charge in [-0.1, -0.05) is 175 Å². The highest BCUT2D eigenvalue weighted by Gasteiger charge is 2.51. The first-order chi connectivity index (χ1) is 33.2. The van der Waals surface area contributed by atoms with Crippen molar-refractivity contribution in [3.63, 3.8) is 0 Å². The summed E-state index contributed by atoms with van der Waals surface area (Å²) in [5.41, 5.74) is 11.0. The average molecular weight is 980 g/mol. The van der Waals surface area contributed by atoms with E-state index in [-0.39, 0.29) is 33.7 Å². The lowest BCUT2D eigenvalue weighted by Gasteiger charge is -2.39. The summed E-state index contributed by atoms with van der Waals surface area (Å²) in [6.45, 7) is 19.8. The Morgan fingerprint density at radius 3 is 1.46 bits per heavy atom. The smallest absolute Gasteiger partial charge is 0.489 e. The number of rotatable bonds is 10. The van der Waals surface area contributed by atoms with Gasteiger partial charge in [0.25, 0.3) is 0 Å². The topological polar surface area (TPSA) is 62.7 Å². The zero-order chi connectivity index (χ0) is 49.4. The number of methoxy groups -OCH3 is 2. The van der Waals surface area contributed by atoms with Crippen LogP contribution in [-0.2, 0) is 9.31 Å². The van der Waals surface area contributed by atoms with Crippen molar-refractivity contribution in [2.24, 2.45) is 0 Å². The number of halogens is 1. The van der Waals surface area contributed by atoms with Crippen LogP contribution in [0.15, 0.2) is 158 Å². The molecule has 9 rings (SSSR count). The van der Waals surface area contributed by atoms with E-state index in [1.165, 1.54) is 69.8 Å². The fourth-order valence-corrected chi connectivity index (χ4v) is 13.1. The Morgan fingerprint density at radius 1 is 0.600 bits per heavy atom. The SMILES string of the molecule is C.C=C(C)B1OC(C)(C)C(C)(C)O1.C=C(C)c1ccc(-c2ccccc2)nc1.COc1cccc(OC)c1-c1ccccc1P(C1CCCCC1)C1CCCCC1.Clc1ccc(-c2ccccc2)nc1. The van der Waals surface area contributed by atoms with Gasteiger partial charge < -0.3 is 18.8 Å². The lowest BCUT2D eigenvalue weighted by atomic mass is 9.81. The fraction of sp³-hybridized carbons (Fsp3) is 0.377. The first kappa shape index (κ1) is 55.9. The number of ether oxygens (including phenoxy) is 2. The summed E-state index contributed by atoms with van der Waals surface area (Å²) in [4.78, 5) is 8.63. The maximum absolute atomic E-state index is 5.80. The van der Waals surface area contributed by atoms with Crippen LogP contribution in [0.25, 0.3) is 39.2 Å². The number of benzene rings is 4. The number of aromatic nitrogens is 2. The minimum atomic E-state index is -0.241. The molecule has 0 radical (unpaired) electrons. The molecule has 1 aliphatic heterocycles. The second-order valence-electron chi connectivity index (χ2n) is 19.3. The molecule has 3 fully saturated rings. The highest BCUT2D eigenvalue weighted by Crippen LogP contribution is 2.57. The Morgan fingerprint density at radius 2 is 1.06 bits per heavy atom. The molecule has 4 aromatic carbocycles. The Balaban J connectivity index is 0.000000188. The maximum Gasteiger partial charge on any atom is 0.489 e. The molecule has 2 saturated carbocycles. The number of hydrogen-bond acceptors (Lipinski definition) is 6. The number of allylic oxidation sites excluding steroid dienone is 2. The lowest BCUT2D eigenvalue weighted by Crippen LogP contribution is -2.41. The molecule has 0 unspecified atom stereocenters. The van der Waals surface area contributed by atoms with Gasteiger partial charge in [-0.15, -0.1) is 6.58 Å². The van der Waals surface area contributed by atoms with E-state index in [0.29, 0.717) is 5.02 Å². The molecule has 9 heteroatoms. The van der Waals surface area contributed by atoms with Crippen molar-refractivity contribution >= 4 is 37.5 Å². The van der Waals surface area contributed by atoms with Crippen molar-refractivity contribution in [3.05, 3.63) is 169 Å². The molecular formula is C61H77BClN2O4P. The van der Waals surface area contributed by atoms with Crippen LogP contribution in [0.5, 0.6) is 11.5 Å². The van der Waals surface area contributed by atoms with Gasteiger partial charge in [-0.05, 0) is 131 Å². The Labute approximate surface area is 428 Å². The average Bonchev–Trinajstić information content (AvgIpc) is 3.61. The van der Waals surface area contributed by atoms with E-state index < -0.39 is 0 Å². The third-order valence-electron chi connectivity index (χ3n) is 13.6. The van der Waals surface area contributed by atoms with Gasteiger partial charge in [0, 0.05) is 23.5 Å². The first-order valence-corrected chi connectivity index (χ1v) is 26.5. The Kier molecular flexibility index (Phi) is 21.5. The van der Waals surface area contributed by atoms with Gasteiger partial charge in [0.15, 0.2) is 0 Å². The molecule has 1 saturated heterocycles. The fourth-order valence-electron chi connectivity index (χ4n) is 9.06. The van der Waals surface area contributed by atoms with Crippen molar-refractivity contribution in [1.29, 1.82) is 0 Å². The molecule has 2 aromatic heterocycles. The van der Waals surface area contributed by atoms with Crippen LogP contribution < -0.4 is 14.8 Å². The van der Waals surface area contributed by atoms with E-state index in [9.17, 15) is 0 Å². The molecule has 3 aliphatic rings. The standard InChI is InChI=1S/C26H35O2P.C14H13N.C11H8ClN.C9H17BO2.CH4/c1-27-23-17-11-18-24(28-2)26(23)22-16-9-10-19-25(22)29(20-12-5-3-6-13-20)21-14-7-4-8-15-21;1-11(2)13-8-9-14(15-10-13)12-6-4-3-5-7-12;12-10-6-7-11(13-8-10)9-4-2-1-3-5-9;1-7(2)10-11-8(3,4)9(5,6)12-10;/h9-11,16-21H,3-8,12-15H2,1-2H3;3-10H,1H2,2H3;1-8H;1H2,2-6H3;1H4. The minimum absolute atomic E-state index is 0. The molecular weight excluding hydrogens is 902 g/mol. The Hall–Kier alpha value is -5.04. The lowest BCUT2D eigenvalue weighted by molar-refractivity contribution is 0.00578. The molecule has 3 heterocycles. The van der Waals surface area contributed by atoms with Gasteiger partial charge in [-0.25, -0.2) is 0 Å². The molecule has 370 valence electrons. The van der Waals surface area contributed by atoms with Crippen molar-refractivity contribution in [3.8, 4) is 45.1 Å². The van der Waals surface area contributed by atoms with Gasteiger partial charge in [0.1, 0.15) is 11.5 Å². The van der Waals surface area contributed by atoms with E-state index in [0.717, 1.165) is 67.5 Å². The van der Waals surface area contributed by atoms with Crippen LogP contribution in [0.2, 0.25) is 5.02 Å². The van der Waals surface area contributed by atoms with Crippen LogP contribution >= 0.6 is 19.5 Å². The minimum Gasteiger partial charge on any atom is -0.496 e. The van der Waals surface area contributed by atoms with Gasteiger partial charge in [-0.2, -0.15) is 0 Å². The predicted octanol–water partition coefficient (Wildman–Crippen LogP) is 17.2. The molecule has 6 nitrogen and oxygen atoms in total. The second kappa shape index (κ2) is 27.0. The summed E-state index contributed by atoms with van der Waals surface area (Å²) < 4.78 is 23.0. The van der Waals surface area contributed by atoms with E-state index in [1.54, 1.807) is 25.7 Å².